The number of nitrogens with zero attached hydrogens (tertiary/aromatic N) is 4. The monoisotopic (exact) mass is 495 g/mol. The molecule has 0 amide bonds. The van der Waals surface area contributed by atoms with E-state index in [1.807, 2.05) is 0 Å². The number of aromatic nitrogens is 3. The molecule has 0 saturated heterocycles. The second-order valence-electron chi connectivity index (χ2n) is 6.51. The number of allylic oxidation sites excluding steroid dienone is 1. The molecule has 0 aliphatic heterocycles. The average molecular weight is 495 g/mol. The Kier molecular flexibility index (Phi) is 7.68. The van der Waals surface area contributed by atoms with Gasteiger partial charge in [-0.15, -0.1) is 10.2 Å². The standard InChI is InChI=1S/C22H15F6N5S/c1-2-29-12-14(6-9-19-32-33-20(34-19)18-5-3-4-10-30-18)13-31-17-8-7-15(21(23,24)25)11-16(17)22(26,27)28/h3-5,7-8,10-13,31H,2H2,1H3/b14-13-,29-12?. The Morgan fingerprint density at radius 1 is 1.09 bits per heavy atom. The molecule has 2 aromatic heterocycles. The van der Waals surface area contributed by atoms with E-state index in [2.05, 4.69) is 37.3 Å². The summed E-state index contributed by atoms with van der Waals surface area (Å²) in [7, 11) is 0. The summed E-state index contributed by atoms with van der Waals surface area (Å²) in [5.74, 6) is 5.48. The quantitative estimate of drug-likeness (QED) is 0.265. The number of rotatable bonds is 5. The van der Waals surface area contributed by atoms with Crippen molar-refractivity contribution in [3.63, 3.8) is 0 Å². The van der Waals surface area contributed by atoms with Crippen LogP contribution in [0.4, 0.5) is 32.0 Å². The van der Waals surface area contributed by atoms with Gasteiger partial charge in [0.15, 0.2) is 10.0 Å². The van der Waals surface area contributed by atoms with E-state index in [0.29, 0.717) is 34.4 Å². The van der Waals surface area contributed by atoms with Crippen molar-refractivity contribution in [3.05, 3.63) is 70.5 Å². The number of nitrogens with one attached hydrogen (secondary N) is 1. The van der Waals surface area contributed by atoms with E-state index in [1.54, 1.807) is 31.3 Å². The third kappa shape index (κ3) is 6.64. The van der Waals surface area contributed by atoms with Gasteiger partial charge in [-0.3, -0.25) is 9.98 Å². The van der Waals surface area contributed by atoms with Crippen LogP contribution in [0, 0.1) is 11.8 Å². The Bertz CT molecular complexity index is 1250. The number of anilines is 1. The van der Waals surface area contributed by atoms with Crippen molar-refractivity contribution in [2.24, 2.45) is 4.99 Å². The molecule has 0 fully saturated rings. The molecule has 0 atom stereocenters. The highest BCUT2D eigenvalue weighted by molar-refractivity contribution is 7.15. The number of hydrogen-bond donors (Lipinski definition) is 1. The molecule has 12 heteroatoms. The molecule has 5 nitrogen and oxygen atoms in total. The Hall–Kier alpha value is -3.72. The molecular formula is C22H15F6N5S. The van der Waals surface area contributed by atoms with Gasteiger partial charge in [-0.2, -0.15) is 26.3 Å². The Labute approximate surface area is 194 Å². The predicted octanol–water partition coefficient (Wildman–Crippen LogP) is 6.08. The lowest BCUT2D eigenvalue weighted by atomic mass is 10.1. The van der Waals surface area contributed by atoms with Gasteiger partial charge in [-0.25, -0.2) is 0 Å². The summed E-state index contributed by atoms with van der Waals surface area (Å²) in [6.45, 7) is 2.13. The maximum absolute atomic E-state index is 13.4. The zero-order chi connectivity index (χ0) is 24.8. The van der Waals surface area contributed by atoms with Crippen molar-refractivity contribution >= 4 is 23.2 Å². The van der Waals surface area contributed by atoms with Crippen LogP contribution in [-0.4, -0.2) is 27.9 Å². The summed E-state index contributed by atoms with van der Waals surface area (Å²) in [6, 6.07) is 6.64. The normalized spacial score (nSPS) is 12.5. The minimum Gasteiger partial charge on any atom is -0.360 e. The highest BCUT2D eigenvalue weighted by Crippen LogP contribution is 2.39. The maximum atomic E-state index is 13.4. The largest absolute Gasteiger partial charge is 0.418 e. The molecule has 34 heavy (non-hydrogen) atoms. The van der Waals surface area contributed by atoms with E-state index >= 15 is 0 Å². The lowest BCUT2D eigenvalue weighted by Crippen LogP contribution is -2.13. The molecular weight excluding hydrogens is 480 g/mol. The lowest BCUT2D eigenvalue weighted by Gasteiger charge is -2.15. The molecule has 0 saturated carbocycles. The summed E-state index contributed by atoms with van der Waals surface area (Å²) in [5, 5.41) is 11.2. The van der Waals surface area contributed by atoms with Gasteiger partial charge in [-0.1, -0.05) is 23.3 Å². The molecule has 1 N–H and O–H groups in total. The fraction of sp³-hybridized carbons (Fsp3) is 0.182. The summed E-state index contributed by atoms with van der Waals surface area (Å²) in [6.07, 6.45) is -5.85. The number of benzene rings is 1. The van der Waals surface area contributed by atoms with Crippen LogP contribution in [-0.2, 0) is 12.4 Å². The van der Waals surface area contributed by atoms with Crippen molar-refractivity contribution in [3.8, 4) is 22.5 Å². The average Bonchev–Trinajstić information content (AvgIpc) is 3.27. The van der Waals surface area contributed by atoms with Gasteiger partial charge in [-0.05, 0) is 43.2 Å². The van der Waals surface area contributed by atoms with E-state index in [1.165, 1.54) is 17.6 Å². The summed E-state index contributed by atoms with van der Waals surface area (Å²) in [4.78, 5) is 8.18. The minimum absolute atomic E-state index is 0.0576. The zero-order valence-corrected chi connectivity index (χ0v) is 18.2. The van der Waals surface area contributed by atoms with E-state index in [-0.39, 0.29) is 11.6 Å². The highest BCUT2D eigenvalue weighted by atomic mass is 32.1. The number of aliphatic imine (C=N–C) groups is 1. The van der Waals surface area contributed by atoms with Crippen molar-refractivity contribution in [2.75, 3.05) is 11.9 Å². The molecule has 3 aromatic rings. The Morgan fingerprint density at radius 3 is 2.53 bits per heavy atom. The molecule has 1 aromatic carbocycles. The van der Waals surface area contributed by atoms with Gasteiger partial charge in [0.2, 0.25) is 0 Å². The maximum Gasteiger partial charge on any atom is 0.418 e. The third-order valence-electron chi connectivity index (χ3n) is 4.07. The fourth-order valence-electron chi connectivity index (χ4n) is 2.52. The van der Waals surface area contributed by atoms with Crippen LogP contribution < -0.4 is 5.32 Å². The predicted molar refractivity (Wildman–Crippen MR) is 117 cm³/mol. The van der Waals surface area contributed by atoms with E-state index in [9.17, 15) is 26.3 Å². The highest BCUT2D eigenvalue weighted by Gasteiger charge is 2.38. The third-order valence-corrected chi connectivity index (χ3v) is 4.93. The topological polar surface area (TPSA) is 63.1 Å². The van der Waals surface area contributed by atoms with Crippen LogP contribution in [0.1, 0.15) is 23.1 Å². The first-order valence-electron chi connectivity index (χ1n) is 9.60. The van der Waals surface area contributed by atoms with E-state index in [0.717, 1.165) is 6.20 Å². The fourth-order valence-corrected chi connectivity index (χ4v) is 3.20. The number of alkyl halides is 6. The van der Waals surface area contributed by atoms with Gasteiger partial charge in [0.05, 0.1) is 22.4 Å². The Balaban J connectivity index is 1.89. The smallest absolute Gasteiger partial charge is 0.360 e. The molecule has 0 bridgehead atoms. The van der Waals surface area contributed by atoms with Gasteiger partial charge in [0.25, 0.3) is 0 Å². The molecule has 0 radical (unpaired) electrons. The Morgan fingerprint density at radius 2 is 1.88 bits per heavy atom. The van der Waals surface area contributed by atoms with Crippen LogP contribution >= 0.6 is 11.3 Å². The first kappa shape index (κ1) is 24.9. The second kappa shape index (κ2) is 10.5. The second-order valence-corrected chi connectivity index (χ2v) is 7.48. The van der Waals surface area contributed by atoms with Gasteiger partial charge < -0.3 is 5.32 Å². The molecule has 176 valence electrons. The van der Waals surface area contributed by atoms with Crippen LogP contribution in [0.15, 0.2) is 59.4 Å². The van der Waals surface area contributed by atoms with E-state index in [4.69, 9.17) is 0 Å². The zero-order valence-electron chi connectivity index (χ0n) is 17.4. The van der Waals surface area contributed by atoms with Crippen LogP contribution in [0.3, 0.4) is 0 Å². The molecule has 0 spiro atoms. The van der Waals surface area contributed by atoms with Crippen molar-refractivity contribution in [1.29, 1.82) is 0 Å². The molecule has 2 heterocycles. The minimum atomic E-state index is -5.00. The number of halogens is 6. The van der Waals surface area contributed by atoms with Gasteiger partial charge in [0, 0.05) is 25.2 Å². The lowest BCUT2D eigenvalue weighted by molar-refractivity contribution is -0.142. The van der Waals surface area contributed by atoms with Crippen LogP contribution in [0.2, 0.25) is 0 Å². The summed E-state index contributed by atoms with van der Waals surface area (Å²) >= 11 is 1.17. The number of pyridine rings is 1. The van der Waals surface area contributed by atoms with Crippen molar-refractivity contribution < 1.29 is 26.3 Å². The first-order valence-corrected chi connectivity index (χ1v) is 10.4. The summed E-state index contributed by atoms with van der Waals surface area (Å²) in [5.41, 5.74) is -2.62. The molecule has 0 unspecified atom stereocenters. The SMILES string of the molecule is CCN=C/C(C#Cc1nnc(-c2ccccn2)s1)=C\Nc1ccc(C(F)(F)F)cc1C(F)(F)F. The molecule has 3 rings (SSSR count). The van der Waals surface area contributed by atoms with E-state index < -0.39 is 29.2 Å². The van der Waals surface area contributed by atoms with Crippen molar-refractivity contribution in [2.45, 2.75) is 19.3 Å². The van der Waals surface area contributed by atoms with Gasteiger partial charge >= 0.3 is 12.4 Å². The van der Waals surface area contributed by atoms with Crippen molar-refractivity contribution in [1.82, 2.24) is 15.2 Å². The van der Waals surface area contributed by atoms with Gasteiger partial charge in [0.1, 0.15) is 5.69 Å². The van der Waals surface area contributed by atoms with Crippen LogP contribution in [0.5, 0.6) is 0 Å². The first-order chi connectivity index (χ1) is 16.1. The summed E-state index contributed by atoms with van der Waals surface area (Å²) < 4.78 is 78.7. The molecule has 0 aliphatic carbocycles. The number of hydrogen-bond acceptors (Lipinski definition) is 6. The molecule has 0 aliphatic rings. The van der Waals surface area contributed by atoms with Crippen LogP contribution in [0.25, 0.3) is 10.7 Å².